The lowest BCUT2D eigenvalue weighted by molar-refractivity contribution is 0.0526. The standard InChI is InChI=1S/C20H18N6O8S3/c1-3-34-19(27)11-4-6-13-15(8-11)35-20(22-13)24-23-17-10(2)25-26(18(17)21)14-9-12(36(28,29)30)5-7-16(14)37(31,32)33/h4-9H,3,21H2,1-2H3,(H,28,29,30)(H,31,32,33)/b24-23+. The average molecular weight is 567 g/mol. The predicted molar refractivity (Wildman–Crippen MR) is 132 cm³/mol. The van der Waals surface area contributed by atoms with Crippen molar-refractivity contribution in [1.29, 1.82) is 0 Å². The quantitative estimate of drug-likeness (QED) is 0.167. The van der Waals surface area contributed by atoms with Gasteiger partial charge in [-0.25, -0.2) is 14.5 Å². The molecule has 0 amide bonds. The highest BCUT2D eigenvalue weighted by atomic mass is 32.2. The van der Waals surface area contributed by atoms with Gasteiger partial charge in [0.15, 0.2) is 11.5 Å². The van der Waals surface area contributed by atoms with Crippen molar-refractivity contribution in [1.82, 2.24) is 14.8 Å². The van der Waals surface area contributed by atoms with Crippen LogP contribution in [0.15, 0.2) is 56.4 Å². The summed E-state index contributed by atoms with van der Waals surface area (Å²) in [5, 5.41) is 12.4. The van der Waals surface area contributed by atoms with E-state index in [1.165, 1.54) is 6.92 Å². The Kier molecular flexibility index (Phi) is 6.82. The fraction of sp³-hybridized carbons (Fsp3) is 0.150. The van der Waals surface area contributed by atoms with Crippen molar-refractivity contribution < 1.29 is 35.5 Å². The molecule has 17 heteroatoms. The molecule has 0 aliphatic rings. The number of thiazole rings is 1. The summed E-state index contributed by atoms with van der Waals surface area (Å²) in [5.41, 5.74) is 6.80. The minimum absolute atomic E-state index is 0.0185. The number of hydrogen-bond donors (Lipinski definition) is 3. The van der Waals surface area contributed by atoms with Crippen LogP contribution in [0, 0.1) is 6.92 Å². The Labute approximate surface area is 213 Å². The number of nitrogens with zero attached hydrogens (tertiary/aromatic N) is 5. The van der Waals surface area contributed by atoms with Gasteiger partial charge < -0.3 is 10.5 Å². The van der Waals surface area contributed by atoms with Crippen LogP contribution in [0.25, 0.3) is 15.9 Å². The van der Waals surface area contributed by atoms with Crippen LogP contribution in [0.4, 0.5) is 16.6 Å². The lowest BCUT2D eigenvalue weighted by Gasteiger charge is -2.10. The van der Waals surface area contributed by atoms with E-state index in [9.17, 15) is 30.7 Å². The highest BCUT2D eigenvalue weighted by molar-refractivity contribution is 7.86. The van der Waals surface area contributed by atoms with Crippen LogP contribution in [-0.4, -0.2) is 53.3 Å². The number of ether oxygens (including phenoxy) is 1. The number of rotatable bonds is 7. The molecule has 4 aromatic rings. The maximum Gasteiger partial charge on any atom is 0.338 e. The normalized spacial score (nSPS) is 12.4. The summed E-state index contributed by atoms with van der Waals surface area (Å²) >= 11 is 1.14. The zero-order valence-corrected chi connectivity index (χ0v) is 21.5. The molecule has 37 heavy (non-hydrogen) atoms. The predicted octanol–water partition coefficient (Wildman–Crippen LogP) is 3.46. The molecule has 4 N–H and O–H groups in total. The summed E-state index contributed by atoms with van der Waals surface area (Å²) in [7, 11) is -9.55. The fourth-order valence-electron chi connectivity index (χ4n) is 3.27. The van der Waals surface area contributed by atoms with Crippen LogP contribution >= 0.6 is 11.3 Å². The second-order valence-corrected chi connectivity index (χ2v) is 11.2. The number of nitrogen functional groups attached to an aromatic ring is 1. The smallest absolute Gasteiger partial charge is 0.338 e. The Hall–Kier alpha value is -3.77. The van der Waals surface area contributed by atoms with Gasteiger partial charge in [0.25, 0.3) is 20.2 Å². The molecule has 0 radical (unpaired) electrons. The molecule has 0 saturated carbocycles. The first-order chi connectivity index (χ1) is 17.3. The Balaban J connectivity index is 1.75. The van der Waals surface area contributed by atoms with E-state index in [2.05, 4.69) is 20.3 Å². The van der Waals surface area contributed by atoms with Crippen molar-refractivity contribution in [2.45, 2.75) is 23.6 Å². The molecule has 0 spiro atoms. The molecule has 0 atom stereocenters. The number of benzene rings is 2. The third-order valence-corrected chi connectivity index (χ3v) is 7.57. The number of anilines is 1. The third-order valence-electron chi connectivity index (χ3n) is 4.92. The molecule has 2 heterocycles. The topological polar surface area (TPSA) is 216 Å². The zero-order valence-electron chi connectivity index (χ0n) is 19.1. The second kappa shape index (κ2) is 9.60. The number of hydrogen-bond acceptors (Lipinski definition) is 12. The van der Waals surface area contributed by atoms with Crippen LogP contribution in [0.2, 0.25) is 0 Å². The summed E-state index contributed by atoms with van der Waals surface area (Å²) in [4.78, 5) is 14.9. The van der Waals surface area contributed by atoms with Gasteiger partial charge in [0.05, 0.1) is 38.7 Å². The molecule has 2 aromatic carbocycles. The Bertz CT molecular complexity index is 1790. The van der Waals surface area contributed by atoms with Crippen molar-refractivity contribution >= 4 is 64.4 Å². The highest BCUT2D eigenvalue weighted by Crippen LogP contribution is 2.35. The van der Waals surface area contributed by atoms with E-state index in [0.717, 1.165) is 34.2 Å². The van der Waals surface area contributed by atoms with Gasteiger partial charge in [-0.15, -0.1) is 10.2 Å². The molecule has 0 aliphatic carbocycles. The number of fused-ring (bicyclic) bond motifs is 1. The van der Waals surface area contributed by atoms with E-state index >= 15 is 0 Å². The van der Waals surface area contributed by atoms with Gasteiger partial charge >= 0.3 is 5.97 Å². The van der Waals surface area contributed by atoms with Crippen molar-refractivity contribution in [2.75, 3.05) is 12.3 Å². The molecular weight excluding hydrogens is 548 g/mol. The maximum atomic E-state index is 12.0. The molecule has 14 nitrogen and oxygen atoms in total. The molecule has 0 bridgehead atoms. The maximum absolute atomic E-state index is 12.0. The number of carbonyl (C=O) groups is 1. The third kappa shape index (κ3) is 5.35. The summed E-state index contributed by atoms with van der Waals surface area (Å²) in [6.07, 6.45) is 0. The van der Waals surface area contributed by atoms with Gasteiger partial charge in [-0.3, -0.25) is 9.11 Å². The van der Waals surface area contributed by atoms with Crippen LogP contribution in [-0.2, 0) is 25.0 Å². The first-order valence-electron chi connectivity index (χ1n) is 10.2. The van der Waals surface area contributed by atoms with E-state index in [1.54, 1.807) is 25.1 Å². The van der Waals surface area contributed by atoms with Gasteiger partial charge in [-0.1, -0.05) is 11.3 Å². The van der Waals surface area contributed by atoms with Crippen LogP contribution < -0.4 is 5.73 Å². The lowest BCUT2D eigenvalue weighted by atomic mass is 10.2. The fourth-order valence-corrected chi connectivity index (χ4v) is 5.25. The molecule has 2 aromatic heterocycles. The van der Waals surface area contributed by atoms with Crippen molar-refractivity contribution in [3.05, 3.63) is 47.7 Å². The highest BCUT2D eigenvalue weighted by Gasteiger charge is 2.24. The monoisotopic (exact) mass is 566 g/mol. The van der Waals surface area contributed by atoms with Crippen LogP contribution in [0.5, 0.6) is 0 Å². The number of aromatic nitrogens is 3. The number of aryl methyl sites for hydroxylation is 1. The van der Waals surface area contributed by atoms with Gasteiger partial charge in [0.2, 0.25) is 5.13 Å². The molecule has 0 saturated heterocycles. The zero-order chi connectivity index (χ0) is 27.1. The van der Waals surface area contributed by atoms with Crippen LogP contribution in [0.1, 0.15) is 23.0 Å². The number of azo groups is 1. The minimum Gasteiger partial charge on any atom is -0.462 e. The Morgan fingerprint density at radius 3 is 2.49 bits per heavy atom. The van der Waals surface area contributed by atoms with Gasteiger partial charge in [-0.05, 0) is 50.2 Å². The summed E-state index contributed by atoms with van der Waals surface area (Å²) in [6, 6.07) is 7.19. The average Bonchev–Trinajstić information content (AvgIpc) is 3.35. The van der Waals surface area contributed by atoms with Crippen LogP contribution in [0.3, 0.4) is 0 Å². The molecular formula is C20H18N6O8S3. The first-order valence-corrected chi connectivity index (χ1v) is 13.9. The van der Waals surface area contributed by atoms with E-state index in [4.69, 9.17) is 10.5 Å². The molecule has 0 aliphatic heterocycles. The molecule has 4 rings (SSSR count). The Morgan fingerprint density at radius 2 is 1.84 bits per heavy atom. The van der Waals surface area contributed by atoms with E-state index in [-0.39, 0.29) is 28.9 Å². The lowest BCUT2D eigenvalue weighted by Crippen LogP contribution is -2.11. The minimum atomic E-state index is -4.84. The van der Waals surface area contributed by atoms with Gasteiger partial charge in [0.1, 0.15) is 4.90 Å². The molecule has 194 valence electrons. The van der Waals surface area contributed by atoms with Crippen molar-refractivity contribution in [2.24, 2.45) is 10.2 Å². The SMILES string of the molecule is CCOC(=O)c1ccc2nc(/N=N/c3c(C)nn(-c4cc(S(=O)(=O)O)ccc4S(=O)(=O)O)c3N)sc2c1. The molecule has 0 fully saturated rings. The van der Waals surface area contributed by atoms with Crippen molar-refractivity contribution in [3.8, 4) is 5.69 Å². The summed E-state index contributed by atoms with van der Waals surface area (Å²) < 4.78 is 72.4. The van der Waals surface area contributed by atoms with E-state index < -0.39 is 41.7 Å². The summed E-state index contributed by atoms with van der Waals surface area (Å²) in [6.45, 7) is 3.43. The summed E-state index contributed by atoms with van der Waals surface area (Å²) in [5.74, 6) is -0.705. The largest absolute Gasteiger partial charge is 0.462 e. The number of carbonyl (C=O) groups excluding carboxylic acids is 1. The first kappa shape index (κ1) is 26.3. The van der Waals surface area contributed by atoms with Crippen molar-refractivity contribution in [3.63, 3.8) is 0 Å². The number of esters is 1. The van der Waals surface area contributed by atoms with Gasteiger partial charge in [-0.2, -0.15) is 21.9 Å². The Morgan fingerprint density at radius 1 is 1.11 bits per heavy atom. The van der Waals surface area contributed by atoms with E-state index in [1.807, 2.05) is 0 Å². The second-order valence-electron chi connectivity index (χ2n) is 7.41. The van der Waals surface area contributed by atoms with Gasteiger partial charge in [0, 0.05) is 0 Å². The number of nitrogens with two attached hydrogens (primary N) is 1. The van der Waals surface area contributed by atoms with E-state index in [0.29, 0.717) is 15.8 Å². The molecule has 0 unspecified atom stereocenters.